The van der Waals surface area contributed by atoms with Crippen molar-refractivity contribution in [2.45, 2.75) is 60.9 Å². The molecule has 0 bridgehead atoms. The highest BCUT2D eigenvalue weighted by Gasteiger charge is 2.19. The van der Waals surface area contributed by atoms with Gasteiger partial charge in [0.1, 0.15) is 0 Å². The Labute approximate surface area is 195 Å². The van der Waals surface area contributed by atoms with Gasteiger partial charge in [-0.3, -0.25) is 4.79 Å². The van der Waals surface area contributed by atoms with Crippen LogP contribution in [-0.2, 0) is 11.2 Å². The molecule has 0 saturated heterocycles. The molecule has 1 amide bonds. The second-order valence-corrected chi connectivity index (χ2v) is 8.05. The maximum atomic E-state index is 12.9. The summed E-state index contributed by atoms with van der Waals surface area (Å²) in [5, 5.41) is 7.68. The van der Waals surface area contributed by atoms with Crippen LogP contribution in [0.4, 0.5) is 0 Å². The predicted octanol–water partition coefficient (Wildman–Crippen LogP) is 4.11. The highest BCUT2D eigenvalue weighted by molar-refractivity contribution is 5.79. The molecule has 33 heavy (non-hydrogen) atoms. The first-order valence-corrected chi connectivity index (χ1v) is 11.3. The number of nitrogens with one attached hydrogen (secondary N) is 1. The second-order valence-electron chi connectivity index (χ2n) is 8.05. The lowest BCUT2D eigenvalue weighted by molar-refractivity contribution is -0.121. The number of amides is 1. The van der Waals surface area contributed by atoms with Gasteiger partial charge < -0.3 is 14.8 Å². The maximum absolute atomic E-state index is 12.9. The second kappa shape index (κ2) is 10.5. The van der Waals surface area contributed by atoms with Crippen LogP contribution in [0.3, 0.4) is 0 Å². The summed E-state index contributed by atoms with van der Waals surface area (Å²) in [5.74, 6) is 1.82. The number of ether oxygens (including phenoxy) is 2. The summed E-state index contributed by atoms with van der Waals surface area (Å²) in [6, 6.07) is 7.48. The summed E-state index contributed by atoms with van der Waals surface area (Å²) in [5.41, 5.74) is 5.23. The number of carbonyl (C=O) groups excluding carboxylic acids is 1. The van der Waals surface area contributed by atoms with E-state index in [0.29, 0.717) is 30.7 Å². The Hall–Kier alpha value is -3.42. The molecule has 2 aromatic heterocycles. The van der Waals surface area contributed by atoms with Crippen LogP contribution in [-0.4, -0.2) is 38.9 Å². The lowest BCUT2D eigenvalue weighted by Crippen LogP contribution is -2.28. The van der Waals surface area contributed by atoms with Crippen molar-refractivity contribution in [1.29, 1.82) is 0 Å². The largest absolute Gasteiger partial charge is 0.490 e. The molecule has 1 atom stereocenters. The van der Waals surface area contributed by atoms with Gasteiger partial charge in [0, 0.05) is 22.6 Å². The zero-order valence-corrected chi connectivity index (χ0v) is 20.5. The van der Waals surface area contributed by atoms with E-state index in [1.807, 2.05) is 72.7 Å². The Morgan fingerprint density at radius 3 is 2.27 bits per heavy atom. The number of carbonyl (C=O) groups is 1. The topological polar surface area (TPSA) is 91.2 Å². The molecule has 0 aliphatic carbocycles. The summed E-state index contributed by atoms with van der Waals surface area (Å²) in [6.45, 7) is 14.6. The normalized spacial score (nSPS) is 11.8. The predicted molar refractivity (Wildman–Crippen MR) is 127 cm³/mol. The van der Waals surface area contributed by atoms with E-state index in [-0.39, 0.29) is 18.4 Å². The molecule has 176 valence electrons. The van der Waals surface area contributed by atoms with E-state index >= 15 is 0 Å². The first-order valence-electron chi connectivity index (χ1n) is 11.3. The number of benzene rings is 1. The molecule has 0 fully saturated rings. The number of rotatable bonds is 9. The molecule has 3 rings (SSSR count). The average Bonchev–Trinajstić information content (AvgIpc) is 3.03. The van der Waals surface area contributed by atoms with Gasteiger partial charge in [-0.1, -0.05) is 6.07 Å². The Balaban J connectivity index is 1.76. The van der Waals surface area contributed by atoms with E-state index in [9.17, 15) is 4.79 Å². The molecule has 0 aliphatic rings. The van der Waals surface area contributed by atoms with Crippen molar-refractivity contribution in [3.8, 4) is 17.4 Å². The van der Waals surface area contributed by atoms with Crippen LogP contribution in [0.1, 0.15) is 60.7 Å². The fourth-order valence-electron chi connectivity index (χ4n) is 3.80. The van der Waals surface area contributed by atoms with Crippen molar-refractivity contribution in [2.75, 3.05) is 13.2 Å². The summed E-state index contributed by atoms with van der Waals surface area (Å²) in [6.07, 6.45) is 0.224. The Kier molecular flexibility index (Phi) is 7.68. The number of nitrogens with zero attached hydrogens (tertiary/aromatic N) is 4. The van der Waals surface area contributed by atoms with E-state index in [1.165, 1.54) is 0 Å². The lowest BCUT2D eigenvalue weighted by atomic mass is 10.1. The highest BCUT2D eigenvalue weighted by Crippen LogP contribution is 2.30. The highest BCUT2D eigenvalue weighted by atomic mass is 16.5. The quantitative estimate of drug-likeness (QED) is 0.526. The number of hydrogen-bond acceptors (Lipinski definition) is 6. The third kappa shape index (κ3) is 5.69. The van der Waals surface area contributed by atoms with Gasteiger partial charge in [0.05, 0.1) is 31.4 Å². The minimum atomic E-state index is -0.189. The zero-order valence-electron chi connectivity index (χ0n) is 20.5. The van der Waals surface area contributed by atoms with E-state index < -0.39 is 0 Å². The van der Waals surface area contributed by atoms with E-state index in [1.54, 1.807) is 4.68 Å². The molecule has 3 aromatic rings. The van der Waals surface area contributed by atoms with Crippen LogP contribution >= 0.6 is 0 Å². The number of aromatic nitrogens is 4. The zero-order chi connectivity index (χ0) is 24.1. The molecule has 2 heterocycles. The molecule has 0 aliphatic heterocycles. The standard InChI is InChI=1S/C25H33N5O3/c1-8-32-22-11-10-20(13-23(22)33-9-2)17(5)28-24(31)14-21-18(6)29-30(19(21)7)25-26-15(3)12-16(4)27-25/h10-13,17H,8-9,14H2,1-7H3,(H,28,31). The summed E-state index contributed by atoms with van der Waals surface area (Å²) < 4.78 is 13.1. The number of aryl methyl sites for hydroxylation is 3. The third-order valence-corrected chi connectivity index (χ3v) is 5.38. The van der Waals surface area contributed by atoms with E-state index in [4.69, 9.17) is 9.47 Å². The maximum Gasteiger partial charge on any atom is 0.251 e. The molecule has 0 spiro atoms. The van der Waals surface area contributed by atoms with Gasteiger partial charge >= 0.3 is 0 Å². The smallest absolute Gasteiger partial charge is 0.251 e. The van der Waals surface area contributed by atoms with Crippen molar-refractivity contribution in [1.82, 2.24) is 25.1 Å². The van der Waals surface area contributed by atoms with E-state index in [0.717, 1.165) is 33.9 Å². The first kappa shape index (κ1) is 24.2. The molecule has 0 saturated carbocycles. The first-order chi connectivity index (χ1) is 15.7. The van der Waals surface area contributed by atoms with Crippen molar-refractivity contribution >= 4 is 5.91 Å². The van der Waals surface area contributed by atoms with Crippen LogP contribution in [0.15, 0.2) is 24.3 Å². The molecule has 1 N–H and O–H groups in total. The van der Waals surface area contributed by atoms with Gasteiger partial charge in [0.2, 0.25) is 5.91 Å². The SMILES string of the molecule is CCOc1ccc(C(C)NC(=O)Cc2c(C)nn(-c3nc(C)cc(C)n3)c2C)cc1OCC. The van der Waals surface area contributed by atoms with Gasteiger partial charge in [-0.15, -0.1) is 0 Å². The average molecular weight is 452 g/mol. The van der Waals surface area contributed by atoms with Crippen LogP contribution in [0.5, 0.6) is 11.5 Å². The Bertz CT molecular complexity index is 1120. The minimum absolute atomic E-state index is 0.0820. The Morgan fingerprint density at radius 2 is 1.64 bits per heavy atom. The Morgan fingerprint density at radius 1 is 1.00 bits per heavy atom. The van der Waals surface area contributed by atoms with Crippen LogP contribution in [0.2, 0.25) is 0 Å². The molecule has 1 unspecified atom stereocenters. The lowest BCUT2D eigenvalue weighted by Gasteiger charge is -2.17. The van der Waals surface area contributed by atoms with Gasteiger partial charge in [-0.25, -0.2) is 14.6 Å². The van der Waals surface area contributed by atoms with E-state index in [2.05, 4.69) is 20.4 Å². The van der Waals surface area contributed by atoms with Crippen LogP contribution in [0, 0.1) is 27.7 Å². The van der Waals surface area contributed by atoms with Crippen molar-refractivity contribution < 1.29 is 14.3 Å². The summed E-state index contributed by atoms with van der Waals surface area (Å²) in [4.78, 5) is 21.9. The van der Waals surface area contributed by atoms with Gasteiger partial charge in [-0.05, 0) is 72.2 Å². The molecular weight excluding hydrogens is 418 g/mol. The molecular formula is C25H33N5O3. The third-order valence-electron chi connectivity index (χ3n) is 5.38. The molecule has 8 nitrogen and oxygen atoms in total. The molecule has 8 heteroatoms. The summed E-state index contributed by atoms with van der Waals surface area (Å²) >= 11 is 0. The van der Waals surface area contributed by atoms with Crippen molar-refractivity contribution in [3.05, 3.63) is 58.2 Å². The minimum Gasteiger partial charge on any atom is -0.490 e. The fourth-order valence-corrected chi connectivity index (χ4v) is 3.80. The fraction of sp³-hybridized carbons (Fsp3) is 0.440. The van der Waals surface area contributed by atoms with Gasteiger partial charge in [0.25, 0.3) is 5.95 Å². The van der Waals surface area contributed by atoms with Crippen LogP contribution < -0.4 is 14.8 Å². The van der Waals surface area contributed by atoms with Crippen LogP contribution in [0.25, 0.3) is 5.95 Å². The number of hydrogen-bond donors (Lipinski definition) is 1. The molecule has 0 radical (unpaired) electrons. The monoisotopic (exact) mass is 451 g/mol. The summed E-state index contributed by atoms with van der Waals surface area (Å²) in [7, 11) is 0. The van der Waals surface area contributed by atoms with Gasteiger partial charge in [0.15, 0.2) is 11.5 Å². The van der Waals surface area contributed by atoms with Gasteiger partial charge in [-0.2, -0.15) is 5.10 Å². The van der Waals surface area contributed by atoms with Crippen molar-refractivity contribution in [2.24, 2.45) is 0 Å². The van der Waals surface area contributed by atoms with Crippen molar-refractivity contribution in [3.63, 3.8) is 0 Å². The molecule has 1 aromatic carbocycles.